The van der Waals surface area contributed by atoms with Gasteiger partial charge in [-0.3, -0.25) is 4.79 Å². The van der Waals surface area contributed by atoms with Crippen molar-refractivity contribution < 1.29 is 13.2 Å². The van der Waals surface area contributed by atoms with Gasteiger partial charge in [-0.25, -0.2) is 13.1 Å². The number of nitrogens with zero attached hydrogens (tertiary/aromatic N) is 1. The Labute approximate surface area is 167 Å². The summed E-state index contributed by atoms with van der Waals surface area (Å²) in [4.78, 5) is 14.5. The Hall–Kier alpha value is -2.18. The van der Waals surface area contributed by atoms with Crippen LogP contribution in [0, 0.1) is 5.92 Å². The van der Waals surface area contributed by atoms with Gasteiger partial charge in [-0.1, -0.05) is 68.4 Å². The van der Waals surface area contributed by atoms with Gasteiger partial charge < -0.3 is 4.90 Å². The molecule has 0 aromatic heterocycles. The summed E-state index contributed by atoms with van der Waals surface area (Å²) in [5.74, 6) is -0.0443. The van der Waals surface area contributed by atoms with Gasteiger partial charge in [-0.05, 0) is 29.5 Å². The van der Waals surface area contributed by atoms with E-state index >= 15 is 0 Å². The minimum atomic E-state index is -3.34. The molecule has 5 nitrogen and oxygen atoms in total. The van der Waals surface area contributed by atoms with Crippen molar-refractivity contribution in [2.75, 3.05) is 12.8 Å². The second-order valence-corrected chi connectivity index (χ2v) is 9.59. The topological polar surface area (TPSA) is 66.5 Å². The first-order chi connectivity index (χ1) is 13.2. The second kappa shape index (κ2) is 8.45. The van der Waals surface area contributed by atoms with E-state index in [1.165, 1.54) is 6.26 Å². The molecular formula is C22H28N2O3S. The first kappa shape index (κ1) is 20.6. The van der Waals surface area contributed by atoms with Crippen LogP contribution < -0.4 is 4.72 Å². The maximum Gasteiger partial charge on any atom is 0.225 e. The summed E-state index contributed by atoms with van der Waals surface area (Å²) in [5, 5.41) is 0. The highest BCUT2D eigenvalue weighted by atomic mass is 32.2. The Morgan fingerprint density at radius 3 is 2.43 bits per heavy atom. The third-order valence-corrected chi connectivity index (χ3v) is 5.90. The van der Waals surface area contributed by atoms with E-state index in [9.17, 15) is 13.2 Å². The van der Waals surface area contributed by atoms with Crippen LogP contribution in [0.4, 0.5) is 0 Å². The zero-order valence-corrected chi connectivity index (χ0v) is 17.4. The van der Waals surface area contributed by atoms with Gasteiger partial charge in [0.1, 0.15) is 0 Å². The molecule has 1 saturated heterocycles. The van der Waals surface area contributed by atoms with Crippen molar-refractivity contribution in [2.45, 2.75) is 38.8 Å². The zero-order valence-electron chi connectivity index (χ0n) is 16.6. The van der Waals surface area contributed by atoms with Crippen molar-refractivity contribution in [3.8, 4) is 11.1 Å². The van der Waals surface area contributed by atoms with E-state index in [1.54, 1.807) is 0 Å². The largest absolute Gasteiger partial charge is 0.337 e. The van der Waals surface area contributed by atoms with Crippen LogP contribution in [0.3, 0.4) is 0 Å². The third kappa shape index (κ3) is 5.00. The summed E-state index contributed by atoms with van der Waals surface area (Å²) in [6.45, 7) is 4.34. The maximum atomic E-state index is 12.7. The molecule has 1 aliphatic heterocycles. The molecule has 2 aromatic carbocycles. The van der Waals surface area contributed by atoms with E-state index in [4.69, 9.17) is 0 Å². The Balaban J connectivity index is 1.88. The normalized spacial score (nSPS) is 19.9. The third-order valence-electron chi connectivity index (χ3n) is 5.17. The van der Waals surface area contributed by atoms with Crippen molar-refractivity contribution in [2.24, 2.45) is 5.92 Å². The van der Waals surface area contributed by atoms with E-state index < -0.39 is 10.0 Å². The summed E-state index contributed by atoms with van der Waals surface area (Å²) >= 11 is 0. The highest BCUT2D eigenvalue weighted by molar-refractivity contribution is 7.88. The van der Waals surface area contributed by atoms with Gasteiger partial charge in [0, 0.05) is 18.5 Å². The first-order valence-electron chi connectivity index (χ1n) is 9.67. The maximum absolute atomic E-state index is 12.7. The average molecular weight is 401 g/mol. The fourth-order valence-corrected chi connectivity index (χ4v) is 4.70. The van der Waals surface area contributed by atoms with Crippen molar-refractivity contribution in [1.29, 1.82) is 0 Å². The van der Waals surface area contributed by atoms with Crippen molar-refractivity contribution in [1.82, 2.24) is 9.62 Å². The quantitative estimate of drug-likeness (QED) is 0.810. The van der Waals surface area contributed by atoms with Crippen molar-refractivity contribution in [3.63, 3.8) is 0 Å². The van der Waals surface area contributed by atoms with Gasteiger partial charge >= 0.3 is 0 Å². The van der Waals surface area contributed by atoms with Crippen LogP contribution in [-0.4, -0.2) is 44.1 Å². The van der Waals surface area contributed by atoms with Crippen molar-refractivity contribution in [3.05, 3.63) is 60.2 Å². The summed E-state index contributed by atoms with van der Waals surface area (Å²) in [5.41, 5.74) is 3.34. The molecule has 0 radical (unpaired) electrons. The number of carbonyl (C=O) groups is 1. The number of amides is 1. The molecule has 2 atom stereocenters. The smallest absolute Gasteiger partial charge is 0.225 e. The van der Waals surface area contributed by atoms with Gasteiger partial charge in [0.25, 0.3) is 0 Å². The minimum Gasteiger partial charge on any atom is -0.337 e. The minimum absolute atomic E-state index is 0.0713. The predicted octanol–water partition coefficient (Wildman–Crippen LogP) is 3.07. The molecule has 1 N–H and O–H groups in total. The van der Waals surface area contributed by atoms with Crippen LogP contribution >= 0.6 is 0 Å². The predicted molar refractivity (Wildman–Crippen MR) is 112 cm³/mol. The number of sulfonamides is 1. The molecule has 1 aliphatic rings. The van der Waals surface area contributed by atoms with E-state index in [0.717, 1.165) is 16.7 Å². The van der Waals surface area contributed by atoms with Crippen LogP contribution in [0.2, 0.25) is 0 Å². The molecule has 0 spiro atoms. The lowest BCUT2D eigenvalue weighted by Gasteiger charge is -2.30. The molecule has 0 saturated carbocycles. The summed E-state index contributed by atoms with van der Waals surface area (Å²) in [6.07, 6.45) is 2.42. The standard InChI is InChI=1S/C22H28N2O3S/c1-16(2)22(25)24-13-12-20(23-28(3,26)27)21(24)15-17-8-7-11-19(14-17)18-9-5-4-6-10-18/h4-11,14,16,20-21,23H,12-13,15H2,1-3H3. The van der Waals surface area contributed by atoms with Crippen molar-refractivity contribution >= 4 is 15.9 Å². The SMILES string of the molecule is CC(C)C(=O)N1CCC(NS(C)(=O)=O)C1Cc1cccc(-c2ccccc2)c1. The van der Waals surface area contributed by atoms with Crippen LogP contribution in [0.25, 0.3) is 11.1 Å². The van der Waals surface area contributed by atoms with E-state index in [-0.39, 0.29) is 23.9 Å². The molecule has 2 unspecified atom stereocenters. The Morgan fingerprint density at radius 2 is 1.79 bits per heavy atom. The number of benzene rings is 2. The van der Waals surface area contributed by atoms with Crippen LogP contribution in [0.5, 0.6) is 0 Å². The Kier molecular flexibility index (Phi) is 6.20. The molecule has 28 heavy (non-hydrogen) atoms. The molecule has 6 heteroatoms. The number of carbonyl (C=O) groups excluding carboxylic acids is 1. The Morgan fingerprint density at radius 1 is 1.11 bits per heavy atom. The lowest BCUT2D eigenvalue weighted by atomic mass is 9.96. The van der Waals surface area contributed by atoms with Gasteiger partial charge in [-0.2, -0.15) is 0 Å². The van der Waals surface area contributed by atoms with Crippen LogP contribution in [0.15, 0.2) is 54.6 Å². The Bertz CT molecular complexity index is 926. The van der Waals surface area contributed by atoms with Crippen LogP contribution in [0.1, 0.15) is 25.8 Å². The van der Waals surface area contributed by atoms with Gasteiger partial charge in [-0.15, -0.1) is 0 Å². The fourth-order valence-electron chi connectivity index (χ4n) is 3.87. The summed E-state index contributed by atoms with van der Waals surface area (Å²) in [7, 11) is -3.34. The lowest BCUT2D eigenvalue weighted by Crippen LogP contribution is -2.48. The van der Waals surface area contributed by atoms with E-state index in [2.05, 4.69) is 29.0 Å². The molecule has 1 heterocycles. The first-order valence-corrected chi connectivity index (χ1v) is 11.6. The molecule has 0 bridgehead atoms. The molecule has 2 aromatic rings. The average Bonchev–Trinajstić information content (AvgIpc) is 3.02. The molecule has 1 fully saturated rings. The summed E-state index contributed by atoms with van der Waals surface area (Å²) < 4.78 is 26.4. The lowest BCUT2D eigenvalue weighted by molar-refractivity contribution is -0.135. The molecular weight excluding hydrogens is 372 g/mol. The van der Waals surface area contributed by atoms with Gasteiger partial charge in [0.05, 0.1) is 12.3 Å². The van der Waals surface area contributed by atoms with Crippen LogP contribution in [-0.2, 0) is 21.2 Å². The number of rotatable bonds is 6. The number of hydrogen-bond donors (Lipinski definition) is 1. The number of nitrogens with one attached hydrogen (secondary N) is 1. The van der Waals surface area contributed by atoms with E-state index in [0.29, 0.717) is 19.4 Å². The second-order valence-electron chi connectivity index (χ2n) is 7.81. The van der Waals surface area contributed by atoms with Gasteiger partial charge in [0.2, 0.25) is 15.9 Å². The molecule has 1 amide bonds. The fraction of sp³-hybridized carbons (Fsp3) is 0.409. The highest BCUT2D eigenvalue weighted by Gasteiger charge is 2.38. The monoisotopic (exact) mass is 400 g/mol. The number of hydrogen-bond acceptors (Lipinski definition) is 3. The molecule has 3 rings (SSSR count). The van der Waals surface area contributed by atoms with E-state index in [1.807, 2.05) is 49.1 Å². The highest BCUT2D eigenvalue weighted by Crippen LogP contribution is 2.26. The number of likely N-dealkylation sites (tertiary alicyclic amines) is 1. The zero-order chi connectivity index (χ0) is 20.3. The van der Waals surface area contributed by atoms with Gasteiger partial charge in [0.15, 0.2) is 0 Å². The summed E-state index contributed by atoms with van der Waals surface area (Å²) in [6, 6.07) is 17.9. The molecule has 0 aliphatic carbocycles. The molecule has 150 valence electrons.